The van der Waals surface area contributed by atoms with E-state index in [-0.39, 0.29) is 6.54 Å². The van der Waals surface area contributed by atoms with E-state index in [0.717, 1.165) is 12.1 Å². The van der Waals surface area contributed by atoms with Gasteiger partial charge in [0.25, 0.3) is 0 Å². The first-order chi connectivity index (χ1) is 9.20. The molecular weight excluding hydrogens is 250 g/mol. The van der Waals surface area contributed by atoms with Crippen LogP contribution in [-0.2, 0) is 6.54 Å². The Morgan fingerprint density at radius 2 is 2.05 bits per heavy atom. The molecular formula is C13H10F2N4. The van der Waals surface area contributed by atoms with Gasteiger partial charge in [0.15, 0.2) is 11.6 Å². The Balaban J connectivity index is 2.26. The zero-order chi connectivity index (χ0) is 13.4. The molecule has 0 atom stereocenters. The number of halogens is 2. The molecule has 2 N–H and O–H groups in total. The van der Waals surface area contributed by atoms with E-state index in [2.05, 4.69) is 9.97 Å². The molecule has 0 spiro atoms. The van der Waals surface area contributed by atoms with E-state index < -0.39 is 11.6 Å². The van der Waals surface area contributed by atoms with Crippen molar-refractivity contribution in [3.63, 3.8) is 0 Å². The van der Waals surface area contributed by atoms with Crippen LogP contribution < -0.4 is 5.73 Å². The third-order valence-electron chi connectivity index (χ3n) is 2.89. The minimum Gasteiger partial charge on any atom is -0.325 e. The molecule has 3 rings (SSSR count). The molecule has 2 aromatic heterocycles. The van der Waals surface area contributed by atoms with Crippen molar-refractivity contribution in [2.24, 2.45) is 5.73 Å². The highest BCUT2D eigenvalue weighted by molar-refractivity contribution is 5.65. The monoisotopic (exact) mass is 260 g/mol. The van der Waals surface area contributed by atoms with E-state index in [0.29, 0.717) is 22.7 Å². The smallest absolute Gasteiger partial charge is 0.234 e. The lowest BCUT2D eigenvalue weighted by Crippen LogP contribution is -2.02. The lowest BCUT2D eigenvalue weighted by molar-refractivity contribution is 0.509. The fourth-order valence-corrected chi connectivity index (χ4v) is 2.00. The summed E-state index contributed by atoms with van der Waals surface area (Å²) in [6.07, 6.45) is 3.39. The van der Waals surface area contributed by atoms with Gasteiger partial charge in [0.05, 0.1) is 11.4 Å². The van der Waals surface area contributed by atoms with E-state index in [1.807, 2.05) is 0 Å². The van der Waals surface area contributed by atoms with Crippen molar-refractivity contribution in [3.05, 3.63) is 54.0 Å². The molecule has 0 aliphatic rings. The number of hydrogen-bond donors (Lipinski definition) is 1. The van der Waals surface area contributed by atoms with Crippen molar-refractivity contribution in [2.75, 3.05) is 0 Å². The normalized spacial score (nSPS) is 11.1. The van der Waals surface area contributed by atoms with Gasteiger partial charge < -0.3 is 5.73 Å². The van der Waals surface area contributed by atoms with Gasteiger partial charge in [0.1, 0.15) is 0 Å². The van der Waals surface area contributed by atoms with Crippen LogP contribution in [0.25, 0.3) is 17.0 Å². The molecule has 19 heavy (non-hydrogen) atoms. The number of imidazole rings is 1. The highest BCUT2D eigenvalue weighted by Gasteiger charge is 2.14. The average molecular weight is 260 g/mol. The molecule has 0 amide bonds. The van der Waals surface area contributed by atoms with E-state index in [1.54, 1.807) is 22.9 Å². The van der Waals surface area contributed by atoms with E-state index in [1.165, 1.54) is 6.07 Å². The number of rotatable bonds is 2. The summed E-state index contributed by atoms with van der Waals surface area (Å²) in [4.78, 5) is 8.41. The maximum Gasteiger partial charge on any atom is 0.234 e. The molecule has 0 saturated heterocycles. The van der Waals surface area contributed by atoms with Crippen molar-refractivity contribution in [3.8, 4) is 11.3 Å². The number of fused-ring (bicyclic) bond motifs is 1. The quantitative estimate of drug-likeness (QED) is 0.768. The summed E-state index contributed by atoms with van der Waals surface area (Å²) in [6, 6.07) is 5.40. The van der Waals surface area contributed by atoms with Crippen LogP contribution in [0.1, 0.15) is 5.69 Å². The summed E-state index contributed by atoms with van der Waals surface area (Å²) in [5.74, 6) is -1.33. The molecule has 0 aliphatic carbocycles. The molecule has 3 aromatic rings. The zero-order valence-electron chi connectivity index (χ0n) is 9.85. The second-order valence-electron chi connectivity index (χ2n) is 4.03. The molecule has 0 radical (unpaired) electrons. The number of hydrogen-bond acceptors (Lipinski definition) is 3. The fraction of sp³-hybridized carbons (Fsp3) is 0.0769. The van der Waals surface area contributed by atoms with Crippen molar-refractivity contribution >= 4 is 5.78 Å². The van der Waals surface area contributed by atoms with Gasteiger partial charge in [0.2, 0.25) is 5.78 Å². The Bertz CT molecular complexity index is 751. The first kappa shape index (κ1) is 11.7. The standard InChI is InChI=1S/C13H10F2N4/c14-9-3-2-8(6-10(9)15)12-11(7-16)19-5-1-4-17-13(19)18-12/h1-6H,7,16H2. The number of aromatic nitrogens is 3. The lowest BCUT2D eigenvalue weighted by atomic mass is 10.1. The molecule has 2 heterocycles. The van der Waals surface area contributed by atoms with Gasteiger partial charge in [0, 0.05) is 24.5 Å². The van der Waals surface area contributed by atoms with Crippen molar-refractivity contribution in [1.82, 2.24) is 14.4 Å². The predicted molar refractivity (Wildman–Crippen MR) is 66.2 cm³/mol. The van der Waals surface area contributed by atoms with E-state index >= 15 is 0 Å². The van der Waals surface area contributed by atoms with Crippen LogP contribution in [0.4, 0.5) is 8.78 Å². The molecule has 0 unspecified atom stereocenters. The van der Waals surface area contributed by atoms with Gasteiger partial charge >= 0.3 is 0 Å². The van der Waals surface area contributed by atoms with Gasteiger partial charge in [-0.15, -0.1) is 0 Å². The van der Waals surface area contributed by atoms with E-state index in [9.17, 15) is 8.78 Å². The number of nitrogens with two attached hydrogens (primary N) is 1. The van der Waals surface area contributed by atoms with Gasteiger partial charge in [-0.1, -0.05) is 0 Å². The van der Waals surface area contributed by atoms with Gasteiger partial charge in [-0.25, -0.2) is 18.7 Å². The van der Waals surface area contributed by atoms with Crippen LogP contribution in [0.5, 0.6) is 0 Å². The number of benzene rings is 1. The van der Waals surface area contributed by atoms with Crippen LogP contribution in [0.2, 0.25) is 0 Å². The molecule has 0 saturated carbocycles. The predicted octanol–water partition coefficient (Wildman–Crippen LogP) is 2.13. The SMILES string of the molecule is NCc1c(-c2ccc(F)c(F)c2)nc2ncccn12. The highest BCUT2D eigenvalue weighted by atomic mass is 19.2. The molecule has 96 valence electrons. The van der Waals surface area contributed by atoms with Gasteiger partial charge in [-0.05, 0) is 24.3 Å². The molecule has 0 bridgehead atoms. The Morgan fingerprint density at radius 1 is 1.21 bits per heavy atom. The van der Waals surface area contributed by atoms with Crippen molar-refractivity contribution in [2.45, 2.75) is 6.54 Å². The highest BCUT2D eigenvalue weighted by Crippen LogP contribution is 2.24. The van der Waals surface area contributed by atoms with E-state index in [4.69, 9.17) is 5.73 Å². The van der Waals surface area contributed by atoms with Crippen molar-refractivity contribution in [1.29, 1.82) is 0 Å². The summed E-state index contributed by atoms with van der Waals surface area (Å²) in [5, 5.41) is 0. The third kappa shape index (κ3) is 1.86. The molecule has 0 aliphatic heterocycles. The Hall–Kier alpha value is -2.34. The third-order valence-corrected chi connectivity index (χ3v) is 2.89. The first-order valence-electron chi connectivity index (χ1n) is 5.68. The average Bonchev–Trinajstić information content (AvgIpc) is 2.80. The maximum absolute atomic E-state index is 13.3. The fourth-order valence-electron chi connectivity index (χ4n) is 2.00. The second kappa shape index (κ2) is 4.40. The van der Waals surface area contributed by atoms with Crippen LogP contribution in [0.15, 0.2) is 36.7 Å². The van der Waals surface area contributed by atoms with Crippen LogP contribution in [0.3, 0.4) is 0 Å². The second-order valence-corrected chi connectivity index (χ2v) is 4.03. The minimum absolute atomic E-state index is 0.223. The summed E-state index contributed by atoms with van der Waals surface area (Å²) in [6.45, 7) is 0.223. The molecule has 6 heteroatoms. The van der Waals surface area contributed by atoms with Crippen LogP contribution >= 0.6 is 0 Å². The Labute approximate surface area is 107 Å². The number of nitrogens with zero attached hydrogens (tertiary/aromatic N) is 3. The maximum atomic E-state index is 13.3. The summed E-state index contributed by atoms with van der Waals surface area (Å²) >= 11 is 0. The lowest BCUT2D eigenvalue weighted by Gasteiger charge is -2.02. The van der Waals surface area contributed by atoms with Crippen molar-refractivity contribution < 1.29 is 8.78 Å². The summed E-state index contributed by atoms with van der Waals surface area (Å²) in [7, 11) is 0. The first-order valence-corrected chi connectivity index (χ1v) is 5.68. The zero-order valence-corrected chi connectivity index (χ0v) is 9.85. The summed E-state index contributed by atoms with van der Waals surface area (Å²) in [5.41, 5.74) is 7.40. The minimum atomic E-state index is -0.912. The Morgan fingerprint density at radius 3 is 2.79 bits per heavy atom. The molecule has 0 fully saturated rings. The van der Waals surface area contributed by atoms with Gasteiger partial charge in [-0.3, -0.25) is 4.40 Å². The molecule has 1 aromatic carbocycles. The van der Waals surface area contributed by atoms with Crippen LogP contribution in [0, 0.1) is 11.6 Å². The van der Waals surface area contributed by atoms with Crippen LogP contribution in [-0.4, -0.2) is 14.4 Å². The largest absolute Gasteiger partial charge is 0.325 e. The van der Waals surface area contributed by atoms with Gasteiger partial charge in [-0.2, -0.15) is 0 Å². The Kier molecular flexibility index (Phi) is 2.72. The topological polar surface area (TPSA) is 56.2 Å². The molecule has 4 nitrogen and oxygen atoms in total. The summed E-state index contributed by atoms with van der Waals surface area (Å²) < 4.78 is 28.0.